The summed E-state index contributed by atoms with van der Waals surface area (Å²) >= 11 is 0. The number of aromatic hydroxyl groups is 1. The number of allylic oxidation sites excluding steroid dienone is 2. The Bertz CT molecular complexity index is 775. The third-order valence-corrected chi connectivity index (χ3v) is 12.0. The molecule has 1 aromatic carbocycles. The number of ether oxygens (including phenoxy) is 1. The minimum Gasteiger partial charge on any atom is -0.542 e. The Labute approximate surface area is 179 Å². The molecule has 0 fully saturated rings. The normalized spacial score (nSPS) is 15.8. The van der Waals surface area contributed by atoms with Crippen molar-refractivity contribution in [3.63, 3.8) is 0 Å². The molecule has 1 heterocycles. The molecule has 1 N–H and O–H groups in total. The second kappa shape index (κ2) is 8.59. The number of phenolic OH excluding ortho intramolecular Hbond substituents is 1. The van der Waals surface area contributed by atoms with E-state index < -0.39 is 13.9 Å². The summed E-state index contributed by atoms with van der Waals surface area (Å²) in [5.74, 6) is 1.97. The van der Waals surface area contributed by atoms with Crippen molar-refractivity contribution in [3.05, 3.63) is 41.0 Å². The second-order valence-electron chi connectivity index (χ2n) is 10.1. The van der Waals surface area contributed by atoms with Crippen LogP contribution >= 0.6 is 0 Å². The van der Waals surface area contributed by atoms with Gasteiger partial charge in [-0.2, -0.15) is 0 Å². The first-order valence-electron chi connectivity index (χ1n) is 10.9. The first-order valence-corrected chi connectivity index (χ1v) is 13.0. The van der Waals surface area contributed by atoms with Crippen molar-refractivity contribution in [2.24, 2.45) is 0 Å². The molecule has 3 nitrogen and oxygen atoms in total. The van der Waals surface area contributed by atoms with Crippen LogP contribution in [0.2, 0.25) is 16.6 Å². The van der Waals surface area contributed by atoms with E-state index in [-0.39, 0.29) is 0 Å². The molecule has 29 heavy (non-hydrogen) atoms. The molecule has 0 bridgehead atoms. The molecule has 1 aliphatic rings. The van der Waals surface area contributed by atoms with Crippen LogP contribution in [0, 0.1) is 0 Å². The molecule has 2 rings (SSSR count). The van der Waals surface area contributed by atoms with E-state index in [1.165, 1.54) is 5.57 Å². The molecule has 4 heteroatoms. The standard InChI is InChI=1S/C25H40O3Si/c1-16(2)11-12-20-21(26)13-14-22-24(20)23(15-25(9,10)27-22)28-29(17(3)4,18(5)6)19(7)8/h11,13-15,17-19,26H,12H2,1-10H3. The lowest BCUT2D eigenvalue weighted by Crippen LogP contribution is -2.48. The Morgan fingerprint density at radius 3 is 2.10 bits per heavy atom. The minimum atomic E-state index is -2.15. The number of rotatable bonds is 7. The predicted molar refractivity (Wildman–Crippen MR) is 126 cm³/mol. The van der Waals surface area contributed by atoms with Crippen molar-refractivity contribution in [1.29, 1.82) is 0 Å². The van der Waals surface area contributed by atoms with Gasteiger partial charge in [-0.05, 0) is 68.9 Å². The van der Waals surface area contributed by atoms with Crippen molar-refractivity contribution in [3.8, 4) is 11.5 Å². The lowest BCUT2D eigenvalue weighted by molar-refractivity contribution is 0.153. The van der Waals surface area contributed by atoms with Crippen molar-refractivity contribution in [1.82, 2.24) is 0 Å². The molecule has 0 atom stereocenters. The van der Waals surface area contributed by atoms with Crippen LogP contribution in [-0.2, 0) is 10.8 Å². The van der Waals surface area contributed by atoms with Crippen LogP contribution in [0.25, 0.3) is 5.76 Å². The maximum atomic E-state index is 10.7. The van der Waals surface area contributed by atoms with Crippen LogP contribution in [0.4, 0.5) is 0 Å². The van der Waals surface area contributed by atoms with E-state index in [9.17, 15) is 5.11 Å². The molecule has 0 aromatic heterocycles. The van der Waals surface area contributed by atoms with Gasteiger partial charge in [0, 0.05) is 5.56 Å². The zero-order chi connectivity index (χ0) is 22.1. The van der Waals surface area contributed by atoms with Gasteiger partial charge in [0.15, 0.2) is 0 Å². The third kappa shape index (κ3) is 4.74. The second-order valence-corrected chi connectivity index (χ2v) is 15.4. The highest BCUT2D eigenvalue weighted by molar-refractivity contribution is 6.78. The SMILES string of the molecule is CC(C)=CCc1c(O)ccc2c1C(O[Si](C(C)C)(C(C)C)C(C)C)=CC(C)(C)O2. The summed E-state index contributed by atoms with van der Waals surface area (Å²) in [7, 11) is -2.15. The van der Waals surface area contributed by atoms with Crippen LogP contribution in [-0.4, -0.2) is 19.0 Å². The van der Waals surface area contributed by atoms with Gasteiger partial charge in [-0.25, -0.2) is 0 Å². The Hall–Kier alpha value is -1.68. The summed E-state index contributed by atoms with van der Waals surface area (Å²) in [6.07, 6.45) is 4.90. The zero-order valence-electron chi connectivity index (χ0n) is 20.0. The molecule has 0 spiro atoms. The molecular formula is C25H40O3Si. The van der Waals surface area contributed by atoms with Crippen LogP contribution in [0.3, 0.4) is 0 Å². The van der Waals surface area contributed by atoms with Crippen LogP contribution in [0.1, 0.15) is 80.4 Å². The van der Waals surface area contributed by atoms with E-state index in [0.29, 0.717) is 28.8 Å². The highest BCUT2D eigenvalue weighted by Gasteiger charge is 2.48. The van der Waals surface area contributed by atoms with Gasteiger partial charge in [-0.1, -0.05) is 53.2 Å². The molecule has 1 aromatic rings. The highest BCUT2D eigenvalue weighted by atomic mass is 28.4. The summed E-state index contributed by atoms with van der Waals surface area (Å²) in [6, 6.07) is 3.61. The fraction of sp³-hybridized carbons (Fsp3) is 0.600. The molecule has 0 saturated heterocycles. The van der Waals surface area contributed by atoms with Crippen molar-refractivity contribution in [2.45, 2.75) is 97.9 Å². The maximum absolute atomic E-state index is 10.7. The van der Waals surface area contributed by atoms with Gasteiger partial charge >= 0.3 is 0 Å². The van der Waals surface area contributed by atoms with E-state index in [1.807, 2.05) is 6.07 Å². The number of hydrogen-bond acceptors (Lipinski definition) is 3. The molecule has 162 valence electrons. The summed E-state index contributed by atoms with van der Waals surface area (Å²) in [4.78, 5) is 0. The Kier molecular flexibility index (Phi) is 6.99. The van der Waals surface area contributed by atoms with Gasteiger partial charge in [0.1, 0.15) is 22.9 Å². The van der Waals surface area contributed by atoms with Gasteiger partial charge in [0.2, 0.25) is 0 Å². The average Bonchev–Trinajstić information content (AvgIpc) is 2.56. The summed E-state index contributed by atoms with van der Waals surface area (Å²) < 4.78 is 13.4. The number of fused-ring (bicyclic) bond motifs is 1. The summed E-state index contributed by atoms with van der Waals surface area (Å²) in [6.45, 7) is 22.1. The van der Waals surface area contributed by atoms with E-state index in [0.717, 1.165) is 22.6 Å². The molecular weight excluding hydrogens is 376 g/mol. The smallest absolute Gasteiger partial charge is 0.258 e. The Balaban J connectivity index is 2.71. The van der Waals surface area contributed by atoms with Crippen molar-refractivity contribution >= 4 is 14.1 Å². The maximum Gasteiger partial charge on any atom is 0.258 e. The first kappa shape index (κ1) is 23.6. The molecule has 0 radical (unpaired) electrons. The van der Waals surface area contributed by atoms with Crippen LogP contribution in [0.5, 0.6) is 11.5 Å². The Morgan fingerprint density at radius 1 is 1.07 bits per heavy atom. The Morgan fingerprint density at radius 2 is 1.62 bits per heavy atom. The summed E-state index contributed by atoms with van der Waals surface area (Å²) in [5.41, 5.74) is 3.97. The number of benzene rings is 1. The molecule has 0 aliphatic carbocycles. The molecule has 0 amide bonds. The molecule has 1 aliphatic heterocycles. The highest BCUT2D eigenvalue weighted by Crippen LogP contribution is 2.49. The summed E-state index contributed by atoms with van der Waals surface area (Å²) in [5, 5.41) is 10.7. The van der Waals surface area contributed by atoms with E-state index in [2.05, 4.69) is 81.4 Å². The predicted octanol–water partition coefficient (Wildman–Crippen LogP) is 7.60. The van der Waals surface area contributed by atoms with Crippen molar-refractivity contribution < 1.29 is 14.3 Å². The van der Waals surface area contributed by atoms with Gasteiger partial charge in [-0.15, -0.1) is 0 Å². The lowest BCUT2D eigenvalue weighted by Gasteiger charge is -2.44. The third-order valence-electron chi connectivity index (χ3n) is 6.06. The topological polar surface area (TPSA) is 38.7 Å². The van der Waals surface area contributed by atoms with Gasteiger partial charge in [0.25, 0.3) is 8.32 Å². The fourth-order valence-corrected chi connectivity index (χ4v) is 10.1. The lowest BCUT2D eigenvalue weighted by atomic mass is 9.94. The largest absolute Gasteiger partial charge is 0.542 e. The number of phenols is 1. The van der Waals surface area contributed by atoms with Crippen LogP contribution in [0.15, 0.2) is 29.9 Å². The van der Waals surface area contributed by atoms with Gasteiger partial charge in [-0.3, -0.25) is 0 Å². The van der Waals surface area contributed by atoms with E-state index in [4.69, 9.17) is 9.16 Å². The minimum absolute atomic E-state index is 0.296. The molecule has 0 saturated carbocycles. The van der Waals surface area contributed by atoms with Crippen molar-refractivity contribution in [2.75, 3.05) is 0 Å². The first-order chi connectivity index (χ1) is 13.3. The fourth-order valence-electron chi connectivity index (χ4n) is 4.81. The monoisotopic (exact) mass is 416 g/mol. The zero-order valence-corrected chi connectivity index (χ0v) is 21.0. The van der Waals surface area contributed by atoms with Crippen LogP contribution < -0.4 is 4.74 Å². The van der Waals surface area contributed by atoms with E-state index in [1.54, 1.807) is 6.07 Å². The molecule has 0 unspecified atom stereocenters. The average molecular weight is 417 g/mol. The quantitative estimate of drug-likeness (QED) is 0.367. The number of hydrogen-bond donors (Lipinski definition) is 1. The van der Waals surface area contributed by atoms with Gasteiger partial charge < -0.3 is 14.3 Å². The van der Waals surface area contributed by atoms with E-state index >= 15 is 0 Å². The van der Waals surface area contributed by atoms with Gasteiger partial charge in [0.05, 0.1) is 5.56 Å².